The molecule has 160 valence electrons. The van der Waals surface area contributed by atoms with E-state index in [0.29, 0.717) is 29.5 Å². The molecule has 5 heteroatoms. The van der Waals surface area contributed by atoms with Crippen molar-refractivity contribution in [3.05, 3.63) is 35.0 Å². The number of hydrogen-bond donors (Lipinski definition) is 1. The van der Waals surface area contributed by atoms with E-state index in [1.165, 1.54) is 44.1 Å². The highest BCUT2D eigenvalue weighted by molar-refractivity contribution is 5.80. The van der Waals surface area contributed by atoms with Crippen molar-refractivity contribution in [2.45, 2.75) is 71.1 Å². The van der Waals surface area contributed by atoms with E-state index in [1.54, 1.807) is 7.11 Å². The van der Waals surface area contributed by atoms with E-state index in [2.05, 4.69) is 11.1 Å². The maximum Gasteiger partial charge on any atom is 0.161 e. The molecule has 0 spiro atoms. The lowest BCUT2D eigenvalue weighted by molar-refractivity contribution is 0.311. The maximum atomic E-state index is 9.91. The van der Waals surface area contributed by atoms with Crippen LogP contribution in [0.15, 0.2) is 18.2 Å². The Morgan fingerprint density at radius 3 is 2.30 bits per heavy atom. The van der Waals surface area contributed by atoms with Crippen LogP contribution in [-0.2, 0) is 12.8 Å². The Hall–Kier alpha value is -2.74. The van der Waals surface area contributed by atoms with E-state index < -0.39 is 0 Å². The second-order valence-electron chi connectivity index (χ2n) is 7.91. The van der Waals surface area contributed by atoms with Crippen molar-refractivity contribution in [1.29, 1.82) is 5.26 Å². The standard InChI is InChI=1S/C25H33N3O2/c1-3-30-22-15-14-18(16-23(22)29-2)24-19-12-10-8-6-4-5-7-9-11-13-21(19)28-25(27)20(24)17-26/h14-16H,3-13H2,1-2H3,(H2,27,28). The molecule has 0 amide bonds. The molecule has 0 saturated heterocycles. The minimum absolute atomic E-state index is 0.325. The molecule has 0 atom stereocenters. The number of fused-ring (bicyclic) bond motifs is 1. The molecule has 3 rings (SSSR count). The van der Waals surface area contributed by atoms with Crippen LogP contribution in [0.5, 0.6) is 11.5 Å². The summed E-state index contributed by atoms with van der Waals surface area (Å²) in [5.41, 5.74) is 10.8. The first-order valence-corrected chi connectivity index (χ1v) is 11.2. The van der Waals surface area contributed by atoms with Gasteiger partial charge in [0.2, 0.25) is 0 Å². The van der Waals surface area contributed by atoms with Crippen molar-refractivity contribution in [2.75, 3.05) is 19.5 Å². The molecule has 1 aromatic heterocycles. The van der Waals surface area contributed by atoms with Crippen molar-refractivity contribution in [3.63, 3.8) is 0 Å². The first-order valence-electron chi connectivity index (χ1n) is 11.2. The molecular formula is C25H33N3O2. The summed E-state index contributed by atoms with van der Waals surface area (Å²) in [7, 11) is 1.64. The van der Waals surface area contributed by atoms with E-state index >= 15 is 0 Å². The number of nitriles is 1. The first kappa shape index (κ1) is 22.0. The molecular weight excluding hydrogens is 374 g/mol. The van der Waals surface area contributed by atoms with Gasteiger partial charge in [0, 0.05) is 11.3 Å². The van der Waals surface area contributed by atoms with E-state index in [-0.39, 0.29) is 0 Å². The van der Waals surface area contributed by atoms with Gasteiger partial charge in [0.05, 0.1) is 13.7 Å². The van der Waals surface area contributed by atoms with Gasteiger partial charge >= 0.3 is 0 Å². The third-order valence-electron chi connectivity index (χ3n) is 5.87. The second-order valence-corrected chi connectivity index (χ2v) is 7.91. The Morgan fingerprint density at radius 1 is 1.00 bits per heavy atom. The minimum atomic E-state index is 0.325. The monoisotopic (exact) mass is 407 g/mol. The number of rotatable bonds is 4. The number of nitrogens with zero attached hydrogens (tertiary/aromatic N) is 2. The smallest absolute Gasteiger partial charge is 0.161 e. The molecule has 0 bridgehead atoms. The van der Waals surface area contributed by atoms with Gasteiger partial charge in [-0.15, -0.1) is 0 Å². The lowest BCUT2D eigenvalue weighted by Crippen LogP contribution is -2.09. The highest BCUT2D eigenvalue weighted by Gasteiger charge is 2.21. The lowest BCUT2D eigenvalue weighted by atomic mass is 9.89. The van der Waals surface area contributed by atoms with E-state index in [9.17, 15) is 5.26 Å². The number of aryl methyl sites for hydroxylation is 1. The number of benzene rings is 1. The van der Waals surface area contributed by atoms with Gasteiger partial charge in [-0.1, -0.05) is 44.6 Å². The fourth-order valence-electron chi connectivity index (χ4n) is 4.35. The van der Waals surface area contributed by atoms with Crippen LogP contribution < -0.4 is 15.2 Å². The van der Waals surface area contributed by atoms with Gasteiger partial charge < -0.3 is 15.2 Å². The summed E-state index contributed by atoms with van der Waals surface area (Å²) in [4.78, 5) is 4.69. The van der Waals surface area contributed by atoms with Crippen molar-refractivity contribution in [2.24, 2.45) is 0 Å². The summed E-state index contributed by atoms with van der Waals surface area (Å²) in [6.45, 7) is 2.51. The highest BCUT2D eigenvalue weighted by atomic mass is 16.5. The number of nitrogens with two attached hydrogens (primary N) is 1. The van der Waals surface area contributed by atoms with Crippen molar-refractivity contribution in [3.8, 4) is 28.7 Å². The molecule has 1 aliphatic carbocycles. The first-order chi connectivity index (χ1) is 14.7. The summed E-state index contributed by atoms with van der Waals surface area (Å²) < 4.78 is 11.2. The van der Waals surface area contributed by atoms with Gasteiger partial charge in [0.25, 0.3) is 0 Å². The van der Waals surface area contributed by atoms with Crippen LogP contribution in [0.25, 0.3) is 11.1 Å². The van der Waals surface area contributed by atoms with Crippen LogP contribution in [0.3, 0.4) is 0 Å². The van der Waals surface area contributed by atoms with Crippen LogP contribution in [0.1, 0.15) is 75.1 Å². The van der Waals surface area contributed by atoms with Crippen LogP contribution in [0, 0.1) is 11.3 Å². The Balaban J connectivity index is 2.13. The quantitative estimate of drug-likeness (QED) is 0.689. The van der Waals surface area contributed by atoms with Crippen molar-refractivity contribution >= 4 is 5.82 Å². The largest absolute Gasteiger partial charge is 0.493 e. The predicted molar refractivity (Wildman–Crippen MR) is 121 cm³/mol. The van der Waals surface area contributed by atoms with Gasteiger partial charge in [-0.05, 0) is 55.9 Å². The number of anilines is 1. The van der Waals surface area contributed by atoms with Gasteiger partial charge in [-0.2, -0.15) is 5.26 Å². The molecule has 5 nitrogen and oxygen atoms in total. The molecule has 0 radical (unpaired) electrons. The average molecular weight is 408 g/mol. The molecule has 0 unspecified atom stereocenters. The van der Waals surface area contributed by atoms with Gasteiger partial charge in [0.15, 0.2) is 11.5 Å². The second kappa shape index (κ2) is 10.9. The Labute approximate surface area is 180 Å². The molecule has 0 saturated carbocycles. The summed E-state index contributed by atoms with van der Waals surface area (Å²) in [5, 5.41) is 9.91. The van der Waals surface area contributed by atoms with Gasteiger partial charge in [0.1, 0.15) is 17.5 Å². The minimum Gasteiger partial charge on any atom is -0.493 e. The molecule has 2 aromatic rings. The third-order valence-corrected chi connectivity index (χ3v) is 5.87. The highest BCUT2D eigenvalue weighted by Crippen LogP contribution is 2.38. The van der Waals surface area contributed by atoms with Gasteiger partial charge in [-0.3, -0.25) is 0 Å². The summed E-state index contributed by atoms with van der Waals surface area (Å²) >= 11 is 0. The van der Waals surface area contributed by atoms with Crippen LogP contribution in [0.4, 0.5) is 5.82 Å². The number of hydrogen-bond acceptors (Lipinski definition) is 5. The zero-order chi connectivity index (χ0) is 21.3. The topological polar surface area (TPSA) is 81.2 Å². The molecule has 1 heterocycles. The molecule has 2 N–H and O–H groups in total. The van der Waals surface area contributed by atoms with Crippen LogP contribution >= 0.6 is 0 Å². The zero-order valence-corrected chi connectivity index (χ0v) is 18.3. The summed E-state index contributed by atoms with van der Waals surface area (Å²) in [6.07, 6.45) is 11.7. The van der Waals surface area contributed by atoms with Crippen molar-refractivity contribution < 1.29 is 9.47 Å². The summed E-state index contributed by atoms with van der Waals surface area (Å²) in [5.74, 6) is 1.69. The maximum absolute atomic E-state index is 9.91. The van der Waals surface area contributed by atoms with E-state index in [1.807, 2.05) is 25.1 Å². The lowest BCUT2D eigenvalue weighted by Gasteiger charge is -2.19. The molecule has 1 aromatic carbocycles. The number of aromatic nitrogens is 1. The fraction of sp³-hybridized carbons (Fsp3) is 0.520. The molecule has 0 fully saturated rings. The SMILES string of the molecule is CCOc1ccc(-c2c(C#N)c(N)nc3c2CCCCCCCCCC3)cc1OC. The van der Waals surface area contributed by atoms with E-state index in [4.69, 9.17) is 15.2 Å². The molecule has 30 heavy (non-hydrogen) atoms. The normalized spacial score (nSPS) is 15.2. The molecule has 0 aliphatic heterocycles. The van der Waals surface area contributed by atoms with E-state index in [0.717, 1.165) is 42.5 Å². The Bertz CT molecular complexity index is 902. The molecule has 1 aliphatic rings. The van der Waals surface area contributed by atoms with Crippen molar-refractivity contribution in [1.82, 2.24) is 4.98 Å². The van der Waals surface area contributed by atoms with Gasteiger partial charge in [-0.25, -0.2) is 4.98 Å². The third kappa shape index (κ3) is 5.05. The Morgan fingerprint density at radius 2 is 1.67 bits per heavy atom. The number of nitrogen functional groups attached to an aromatic ring is 1. The zero-order valence-electron chi connectivity index (χ0n) is 18.3. The Kier molecular flexibility index (Phi) is 7.96. The number of pyridine rings is 1. The fourth-order valence-corrected chi connectivity index (χ4v) is 4.35. The van der Waals surface area contributed by atoms with Crippen LogP contribution in [-0.4, -0.2) is 18.7 Å². The predicted octanol–water partition coefficient (Wildman–Crippen LogP) is 5.83. The van der Waals surface area contributed by atoms with Crippen LogP contribution in [0.2, 0.25) is 0 Å². The summed E-state index contributed by atoms with van der Waals surface area (Å²) in [6, 6.07) is 8.19. The number of ether oxygens (including phenoxy) is 2. The number of methoxy groups -OCH3 is 1. The average Bonchev–Trinajstić information content (AvgIpc) is 2.74.